The molecule has 1 aliphatic heterocycles. The fourth-order valence-corrected chi connectivity index (χ4v) is 2.26. The second-order valence-corrected chi connectivity index (χ2v) is 5.03. The third-order valence-electron chi connectivity index (χ3n) is 3.11. The number of nitrogens with one attached hydrogen (secondary N) is 1. The van der Waals surface area contributed by atoms with Crippen molar-refractivity contribution in [1.82, 2.24) is 4.90 Å². The first-order valence-corrected chi connectivity index (χ1v) is 6.46. The molecule has 1 amide bonds. The zero-order chi connectivity index (χ0) is 14.7. The van der Waals surface area contributed by atoms with Crippen LogP contribution in [0.3, 0.4) is 0 Å². The summed E-state index contributed by atoms with van der Waals surface area (Å²) < 4.78 is 5.02. The average Bonchev–Trinajstić information content (AvgIpc) is 2.33. The normalized spacial score (nSPS) is 15.5. The predicted octanol–water partition coefficient (Wildman–Crippen LogP) is 1.30. The van der Waals surface area contributed by atoms with Crippen molar-refractivity contribution >= 4 is 29.2 Å². The predicted molar refractivity (Wildman–Crippen MR) is 74.2 cm³/mol. The number of methoxy groups -OCH3 is 1. The van der Waals surface area contributed by atoms with Gasteiger partial charge in [-0.1, -0.05) is 11.6 Å². The zero-order valence-corrected chi connectivity index (χ0v) is 11.7. The monoisotopic (exact) mass is 298 g/mol. The van der Waals surface area contributed by atoms with Crippen LogP contribution in [0.25, 0.3) is 0 Å². The Morgan fingerprint density at radius 2 is 2.20 bits per heavy atom. The molecule has 2 rings (SSSR count). The van der Waals surface area contributed by atoms with Crippen molar-refractivity contribution < 1.29 is 19.4 Å². The number of nitrogens with zero attached hydrogens (tertiary/aromatic N) is 1. The molecule has 1 heterocycles. The lowest BCUT2D eigenvalue weighted by Crippen LogP contribution is -2.52. The molecule has 0 saturated carbocycles. The topological polar surface area (TPSA) is 78.9 Å². The van der Waals surface area contributed by atoms with Gasteiger partial charge in [0.15, 0.2) is 0 Å². The fraction of sp³-hybridized carbons (Fsp3) is 0.385. The van der Waals surface area contributed by atoms with Crippen LogP contribution in [-0.4, -0.2) is 48.6 Å². The van der Waals surface area contributed by atoms with Crippen molar-refractivity contribution in [2.45, 2.75) is 0 Å². The van der Waals surface area contributed by atoms with Crippen LogP contribution in [-0.2, 0) is 9.59 Å². The molecule has 0 radical (unpaired) electrons. The van der Waals surface area contributed by atoms with Gasteiger partial charge < -0.3 is 15.2 Å². The lowest BCUT2D eigenvalue weighted by Gasteiger charge is -2.35. The van der Waals surface area contributed by atoms with Gasteiger partial charge in [-0.15, -0.1) is 0 Å². The maximum absolute atomic E-state index is 11.8. The molecule has 1 saturated heterocycles. The first-order valence-electron chi connectivity index (χ1n) is 6.08. The van der Waals surface area contributed by atoms with Gasteiger partial charge in [0.25, 0.3) is 0 Å². The molecular formula is C13H15ClN2O4. The van der Waals surface area contributed by atoms with Crippen LogP contribution >= 0.6 is 11.6 Å². The van der Waals surface area contributed by atoms with Crippen molar-refractivity contribution in [2.24, 2.45) is 5.92 Å². The summed E-state index contributed by atoms with van der Waals surface area (Å²) in [6.07, 6.45) is 0. The van der Waals surface area contributed by atoms with Gasteiger partial charge in [0.2, 0.25) is 5.91 Å². The highest BCUT2D eigenvalue weighted by Crippen LogP contribution is 2.27. The van der Waals surface area contributed by atoms with Crippen LogP contribution < -0.4 is 10.1 Å². The molecule has 1 aromatic rings. The maximum atomic E-state index is 11.8. The van der Waals surface area contributed by atoms with Crippen LogP contribution in [0.15, 0.2) is 18.2 Å². The summed E-state index contributed by atoms with van der Waals surface area (Å²) in [5.41, 5.74) is 0.580. The SMILES string of the molecule is COc1ccc(NC(=O)CN2CC(C(=O)O)C2)cc1Cl. The summed E-state index contributed by atoms with van der Waals surface area (Å²) in [6, 6.07) is 4.97. The number of anilines is 1. The first-order chi connectivity index (χ1) is 9.49. The number of hydrogen-bond donors (Lipinski definition) is 2. The minimum atomic E-state index is -0.816. The number of likely N-dealkylation sites (tertiary alicyclic amines) is 1. The van der Waals surface area contributed by atoms with E-state index in [-0.39, 0.29) is 18.4 Å². The van der Waals surface area contributed by atoms with E-state index in [2.05, 4.69) is 5.32 Å². The molecular weight excluding hydrogens is 284 g/mol. The van der Waals surface area contributed by atoms with Gasteiger partial charge in [0, 0.05) is 18.8 Å². The molecule has 0 spiro atoms. The highest BCUT2D eigenvalue weighted by molar-refractivity contribution is 6.32. The van der Waals surface area contributed by atoms with E-state index in [4.69, 9.17) is 21.4 Å². The molecule has 6 nitrogen and oxygen atoms in total. The second-order valence-electron chi connectivity index (χ2n) is 4.63. The van der Waals surface area contributed by atoms with Crippen molar-refractivity contribution in [3.8, 4) is 5.75 Å². The molecule has 0 bridgehead atoms. The number of ether oxygens (including phenoxy) is 1. The number of carbonyl (C=O) groups is 2. The van der Waals surface area contributed by atoms with Crippen LogP contribution in [0.4, 0.5) is 5.69 Å². The second kappa shape index (κ2) is 6.11. The van der Waals surface area contributed by atoms with Crippen molar-refractivity contribution in [3.63, 3.8) is 0 Å². The van der Waals surface area contributed by atoms with Gasteiger partial charge in [0.1, 0.15) is 5.75 Å². The third kappa shape index (κ3) is 3.40. The van der Waals surface area contributed by atoms with E-state index in [1.54, 1.807) is 23.1 Å². The minimum Gasteiger partial charge on any atom is -0.495 e. The Balaban J connectivity index is 1.83. The summed E-state index contributed by atoms with van der Waals surface area (Å²) in [7, 11) is 1.52. The fourth-order valence-electron chi connectivity index (χ4n) is 2.00. The van der Waals surface area contributed by atoms with Crippen LogP contribution in [0.5, 0.6) is 5.75 Å². The summed E-state index contributed by atoms with van der Waals surface area (Å²) in [4.78, 5) is 24.2. The van der Waals surface area contributed by atoms with E-state index >= 15 is 0 Å². The van der Waals surface area contributed by atoms with E-state index in [9.17, 15) is 9.59 Å². The number of rotatable bonds is 5. The van der Waals surface area contributed by atoms with E-state index in [0.717, 1.165) is 0 Å². The Morgan fingerprint density at radius 3 is 2.75 bits per heavy atom. The number of carbonyl (C=O) groups excluding carboxylic acids is 1. The Hall–Kier alpha value is -1.79. The number of hydrogen-bond acceptors (Lipinski definition) is 4. The number of carboxylic acid groups (broad SMARTS) is 1. The highest BCUT2D eigenvalue weighted by Gasteiger charge is 2.33. The van der Waals surface area contributed by atoms with Crippen LogP contribution in [0, 0.1) is 5.92 Å². The van der Waals surface area contributed by atoms with E-state index in [1.165, 1.54) is 7.11 Å². The number of aliphatic carboxylic acids is 1. The van der Waals surface area contributed by atoms with E-state index in [0.29, 0.717) is 29.5 Å². The molecule has 1 fully saturated rings. The molecule has 0 aromatic heterocycles. The van der Waals surface area contributed by atoms with Gasteiger partial charge in [-0.3, -0.25) is 14.5 Å². The lowest BCUT2D eigenvalue weighted by molar-refractivity contribution is -0.148. The van der Waals surface area contributed by atoms with Gasteiger partial charge in [-0.2, -0.15) is 0 Å². The molecule has 0 atom stereocenters. The molecule has 108 valence electrons. The summed E-state index contributed by atoms with van der Waals surface area (Å²) >= 11 is 5.96. The minimum absolute atomic E-state index is 0.174. The Bertz CT molecular complexity index is 529. The summed E-state index contributed by atoms with van der Waals surface area (Å²) in [6.45, 7) is 0.992. The molecule has 1 aliphatic rings. The standard InChI is InChI=1S/C13H15ClN2O4/c1-20-11-3-2-9(4-10(11)14)15-12(17)7-16-5-8(6-16)13(18)19/h2-4,8H,5-7H2,1H3,(H,15,17)(H,18,19). The zero-order valence-electron chi connectivity index (χ0n) is 10.9. The number of carboxylic acids is 1. The smallest absolute Gasteiger partial charge is 0.309 e. The summed E-state index contributed by atoms with van der Waals surface area (Å²) in [5.74, 6) is -0.839. The highest BCUT2D eigenvalue weighted by atomic mass is 35.5. The average molecular weight is 299 g/mol. The van der Waals surface area contributed by atoms with Gasteiger partial charge in [-0.25, -0.2) is 0 Å². The largest absolute Gasteiger partial charge is 0.495 e. The molecule has 2 N–H and O–H groups in total. The van der Waals surface area contributed by atoms with Crippen molar-refractivity contribution in [1.29, 1.82) is 0 Å². The lowest BCUT2D eigenvalue weighted by atomic mass is 10.0. The Labute approximate surface area is 121 Å². The molecule has 20 heavy (non-hydrogen) atoms. The van der Waals surface area contributed by atoms with Crippen molar-refractivity contribution in [2.75, 3.05) is 32.1 Å². The van der Waals surface area contributed by atoms with E-state index in [1.807, 2.05) is 0 Å². The molecule has 7 heteroatoms. The Kier molecular flexibility index (Phi) is 4.46. The first kappa shape index (κ1) is 14.6. The van der Waals surface area contributed by atoms with Gasteiger partial charge >= 0.3 is 5.97 Å². The number of benzene rings is 1. The van der Waals surface area contributed by atoms with E-state index < -0.39 is 5.97 Å². The number of halogens is 1. The number of amides is 1. The molecule has 0 aliphatic carbocycles. The van der Waals surface area contributed by atoms with Crippen LogP contribution in [0.2, 0.25) is 5.02 Å². The molecule has 1 aromatic carbocycles. The quantitative estimate of drug-likeness (QED) is 0.857. The van der Waals surface area contributed by atoms with Crippen LogP contribution in [0.1, 0.15) is 0 Å². The Morgan fingerprint density at radius 1 is 1.50 bits per heavy atom. The van der Waals surface area contributed by atoms with Crippen molar-refractivity contribution in [3.05, 3.63) is 23.2 Å². The van der Waals surface area contributed by atoms with Gasteiger partial charge in [0.05, 0.1) is 24.6 Å². The third-order valence-corrected chi connectivity index (χ3v) is 3.40. The maximum Gasteiger partial charge on any atom is 0.309 e. The summed E-state index contributed by atoms with van der Waals surface area (Å²) in [5, 5.41) is 11.9. The molecule has 0 unspecified atom stereocenters. The van der Waals surface area contributed by atoms with Gasteiger partial charge in [-0.05, 0) is 18.2 Å².